The Labute approximate surface area is 159 Å². The molecule has 1 fully saturated rings. The normalized spacial score (nSPS) is 17.8. The van der Waals surface area contributed by atoms with Crippen LogP contribution in [0.1, 0.15) is 35.8 Å². The molecule has 3 aromatic rings. The molecular formula is C22H23FN4. The minimum Gasteiger partial charge on any atom is -0.298 e. The van der Waals surface area contributed by atoms with Crippen LogP contribution in [0.25, 0.3) is 11.1 Å². The first kappa shape index (κ1) is 17.7. The lowest BCUT2D eigenvalue weighted by atomic mass is 9.89. The number of rotatable bonds is 4. The van der Waals surface area contributed by atoms with Crippen LogP contribution < -0.4 is 0 Å². The van der Waals surface area contributed by atoms with Crippen molar-refractivity contribution in [2.45, 2.75) is 32.2 Å². The van der Waals surface area contributed by atoms with Gasteiger partial charge in [-0.15, -0.1) is 0 Å². The number of hydrogen-bond acceptors (Lipinski definition) is 4. The highest BCUT2D eigenvalue weighted by atomic mass is 19.1. The van der Waals surface area contributed by atoms with Crippen molar-refractivity contribution in [2.75, 3.05) is 13.1 Å². The lowest BCUT2D eigenvalue weighted by Crippen LogP contribution is -2.34. The fraction of sp³-hybridized carbons (Fsp3) is 0.318. The molecule has 0 saturated carbocycles. The van der Waals surface area contributed by atoms with Gasteiger partial charge >= 0.3 is 0 Å². The maximum atomic E-state index is 13.3. The molecular weight excluding hydrogens is 339 g/mol. The molecule has 1 atom stereocenters. The molecule has 5 heteroatoms. The van der Waals surface area contributed by atoms with Crippen LogP contribution in [0.2, 0.25) is 0 Å². The first-order valence-electron chi connectivity index (χ1n) is 9.40. The minimum absolute atomic E-state index is 0.228. The van der Waals surface area contributed by atoms with Crippen molar-refractivity contribution < 1.29 is 4.39 Å². The Kier molecular flexibility index (Phi) is 5.21. The van der Waals surface area contributed by atoms with Gasteiger partial charge in [0.2, 0.25) is 0 Å². The molecule has 1 aromatic carbocycles. The second kappa shape index (κ2) is 7.92. The van der Waals surface area contributed by atoms with Crippen LogP contribution in [0.5, 0.6) is 0 Å². The van der Waals surface area contributed by atoms with Gasteiger partial charge in [0, 0.05) is 43.2 Å². The lowest BCUT2D eigenvalue weighted by molar-refractivity contribution is 0.198. The molecule has 1 aliphatic heterocycles. The molecule has 0 unspecified atom stereocenters. The second-order valence-electron chi connectivity index (χ2n) is 7.16. The van der Waals surface area contributed by atoms with Gasteiger partial charge < -0.3 is 0 Å². The van der Waals surface area contributed by atoms with Crippen molar-refractivity contribution in [3.8, 4) is 11.1 Å². The van der Waals surface area contributed by atoms with E-state index >= 15 is 0 Å². The summed E-state index contributed by atoms with van der Waals surface area (Å²) in [6, 6.07) is 10.7. The number of pyridine rings is 1. The van der Waals surface area contributed by atoms with Crippen LogP contribution in [-0.2, 0) is 6.54 Å². The van der Waals surface area contributed by atoms with Gasteiger partial charge in [-0.2, -0.15) is 0 Å². The van der Waals surface area contributed by atoms with Crippen molar-refractivity contribution in [3.63, 3.8) is 0 Å². The zero-order valence-electron chi connectivity index (χ0n) is 15.5. The molecule has 1 aliphatic rings. The van der Waals surface area contributed by atoms with Crippen LogP contribution in [-0.4, -0.2) is 32.9 Å². The molecule has 0 amide bonds. The van der Waals surface area contributed by atoms with Crippen molar-refractivity contribution in [2.24, 2.45) is 0 Å². The molecule has 2 aromatic heterocycles. The maximum Gasteiger partial charge on any atom is 0.125 e. The Bertz CT molecular complexity index is 896. The zero-order chi connectivity index (χ0) is 18.6. The van der Waals surface area contributed by atoms with Gasteiger partial charge in [-0.05, 0) is 55.6 Å². The van der Waals surface area contributed by atoms with E-state index in [1.54, 1.807) is 6.20 Å². The van der Waals surface area contributed by atoms with E-state index in [4.69, 9.17) is 4.98 Å². The summed E-state index contributed by atoms with van der Waals surface area (Å²) in [6.45, 7) is 4.87. The third-order valence-electron chi connectivity index (χ3n) is 5.12. The Morgan fingerprint density at radius 1 is 1.15 bits per heavy atom. The second-order valence-corrected chi connectivity index (χ2v) is 7.16. The highest BCUT2D eigenvalue weighted by Crippen LogP contribution is 2.33. The number of aromatic nitrogens is 3. The van der Waals surface area contributed by atoms with E-state index in [2.05, 4.69) is 20.9 Å². The van der Waals surface area contributed by atoms with Crippen molar-refractivity contribution in [1.29, 1.82) is 0 Å². The molecule has 1 saturated heterocycles. The first-order valence-corrected chi connectivity index (χ1v) is 9.40. The Hall–Kier alpha value is -2.66. The topological polar surface area (TPSA) is 41.9 Å². The van der Waals surface area contributed by atoms with E-state index in [1.165, 1.54) is 17.7 Å². The van der Waals surface area contributed by atoms with Crippen molar-refractivity contribution in [1.82, 2.24) is 19.9 Å². The smallest absolute Gasteiger partial charge is 0.125 e. The summed E-state index contributed by atoms with van der Waals surface area (Å²) < 4.78 is 13.3. The molecule has 0 bridgehead atoms. The van der Waals surface area contributed by atoms with E-state index in [-0.39, 0.29) is 5.82 Å². The van der Waals surface area contributed by atoms with Gasteiger partial charge in [0.25, 0.3) is 0 Å². The number of nitrogens with zero attached hydrogens (tertiary/aromatic N) is 4. The van der Waals surface area contributed by atoms with Crippen LogP contribution in [0, 0.1) is 12.7 Å². The van der Waals surface area contributed by atoms with Crippen LogP contribution in [0.3, 0.4) is 0 Å². The van der Waals surface area contributed by atoms with Crippen LogP contribution >= 0.6 is 0 Å². The van der Waals surface area contributed by atoms with E-state index in [0.717, 1.165) is 55.1 Å². The maximum absolute atomic E-state index is 13.3. The van der Waals surface area contributed by atoms with Crippen LogP contribution in [0.15, 0.2) is 55.0 Å². The highest BCUT2D eigenvalue weighted by molar-refractivity contribution is 5.65. The molecule has 0 radical (unpaired) electrons. The molecule has 3 heterocycles. The van der Waals surface area contributed by atoms with E-state index in [0.29, 0.717) is 5.92 Å². The Balaban J connectivity index is 1.60. The van der Waals surface area contributed by atoms with E-state index in [1.807, 2.05) is 37.5 Å². The number of aryl methyl sites for hydroxylation is 1. The number of benzene rings is 1. The van der Waals surface area contributed by atoms with Gasteiger partial charge in [0.15, 0.2) is 0 Å². The standard InChI is InChI=1S/C22H23FN4/c1-16-25-13-21(18-6-8-20(23)9-7-18)22(26-16)19-5-3-11-27(15-19)14-17-4-2-10-24-12-17/h2,4,6-10,12-13,19H,3,5,11,14-15H2,1H3/t19-/m1/s1. The Morgan fingerprint density at radius 3 is 2.78 bits per heavy atom. The summed E-state index contributed by atoms with van der Waals surface area (Å²) in [5.74, 6) is 0.895. The summed E-state index contributed by atoms with van der Waals surface area (Å²) in [4.78, 5) is 15.9. The quantitative estimate of drug-likeness (QED) is 0.691. The van der Waals surface area contributed by atoms with Gasteiger partial charge in [-0.3, -0.25) is 9.88 Å². The average Bonchev–Trinajstić information content (AvgIpc) is 2.70. The number of likely N-dealkylation sites (tertiary alicyclic amines) is 1. The summed E-state index contributed by atoms with van der Waals surface area (Å²) in [5.41, 5.74) is 4.28. The fourth-order valence-electron chi connectivity index (χ4n) is 3.82. The third-order valence-corrected chi connectivity index (χ3v) is 5.12. The predicted molar refractivity (Wildman–Crippen MR) is 104 cm³/mol. The first-order chi connectivity index (χ1) is 13.2. The fourth-order valence-corrected chi connectivity index (χ4v) is 3.82. The SMILES string of the molecule is Cc1ncc(-c2ccc(F)cc2)c([C@@H]2CCCN(Cc3cccnc3)C2)n1. The highest BCUT2D eigenvalue weighted by Gasteiger charge is 2.25. The molecule has 0 N–H and O–H groups in total. The largest absolute Gasteiger partial charge is 0.298 e. The zero-order valence-corrected chi connectivity index (χ0v) is 15.5. The van der Waals surface area contributed by atoms with Gasteiger partial charge in [0.05, 0.1) is 5.69 Å². The monoisotopic (exact) mass is 362 g/mol. The van der Waals surface area contributed by atoms with Crippen LogP contribution in [0.4, 0.5) is 4.39 Å². The molecule has 138 valence electrons. The molecule has 0 spiro atoms. The van der Waals surface area contributed by atoms with E-state index < -0.39 is 0 Å². The number of piperidine rings is 1. The number of hydrogen-bond donors (Lipinski definition) is 0. The van der Waals surface area contributed by atoms with Crippen molar-refractivity contribution in [3.05, 3.63) is 77.9 Å². The summed E-state index contributed by atoms with van der Waals surface area (Å²) in [5, 5.41) is 0. The Morgan fingerprint density at radius 2 is 2.00 bits per heavy atom. The van der Waals surface area contributed by atoms with Crippen molar-refractivity contribution >= 4 is 0 Å². The summed E-state index contributed by atoms with van der Waals surface area (Å²) in [6.07, 6.45) is 7.86. The lowest BCUT2D eigenvalue weighted by Gasteiger charge is -2.33. The molecule has 0 aliphatic carbocycles. The predicted octanol–water partition coefficient (Wildman–Crippen LogP) is 4.37. The molecule has 27 heavy (non-hydrogen) atoms. The summed E-state index contributed by atoms with van der Waals surface area (Å²) in [7, 11) is 0. The average molecular weight is 362 g/mol. The minimum atomic E-state index is -0.228. The van der Waals surface area contributed by atoms with Gasteiger partial charge in [-0.1, -0.05) is 18.2 Å². The molecule has 4 rings (SSSR count). The molecule has 4 nitrogen and oxygen atoms in total. The summed E-state index contributed by atoms with van der Waals surface area (Å²) >= 11 is 0. The van der Waals surface area contributed by atoms with E-state index in [9.17, 15) is 4.39 Å². The number of halogens is 1. The van der Waals surface area contributed by atoms with Gasteiger partial charge in [-0.25, -0.2) is 14.4 Å². The third kappa shape index (κ3) is 4.19. The van der Waals surface area contributed by atoms with Gasteiger partial charge in [0.1, 0.15) is 11.6 Å².